The first kappa shape index (κ1) is 13.8. The molecule has 0 fully saturated rings. The van der Waals surface area contributed by atoms with Crippen molar-refractivity contribution >= 4 is 40.0 Å². The number of hydrogen-bond acceptors (Lipinski definition) is 4. The number of H-pyrrole nitrogens is 1. The third-order valence-corrected chi connectivity index (χ3v) is 2.83. The van der Waals surface area contributed by atoms with E-state index in [0.29, 0.717) is 16.6 Å². The Morgan fingerprint density at radius 3 is 2.60 bits per heavy atom. The van der Waals surface area contributed by atoms with E-state index in [1.54, 1.807) is 0 Å². The van der Waals surface area contributed by atoms with Crippen molar-refractivity contribution in [1.29, 1.82) is 0 Å². The lowest BCUT2D eigenvalue weighted by Crippen LogP contribution is -2.13. The van der Waals surface area contributed by atoms with Crippen LogP contribution >= 0.6 is 11.6 Å². The van der Waals surface area contributed by atoms with Crippen LogP contribution in [0, 0.1) is 0 Å². The molecule has 6 nitrogen and oxygen atoms in total. The van der Waals surface area contributed by atoms with Gasteiger partial charge in [-0.1, -0.05) is 11.6 Å². The number of aromatic amines is 1. The van der Waals surface area contributed by atoms with Crippen LogP contribution in [0.3, 0.4) is 0 Å². The molecule has 3 N–H and O–H groups in total. The van der Waals surface area contributed by atoms with Gasteiger partial charge in [0.15, 0.2) is 5.43 Å². The number of rotatable bonds is 3. The fourth-order valence-electron chi connectivity index (χ4n) is 1.65. The van der Waals surface area contributed by atoms with Gasteiger partial charge in [-0.05, 0) is 18.2 Å². The lowest BCUT2D eigenvalue weighted by Gasteiger charge is -2.03. The van der Waals surface area contributed by atoms with Gasteiger partial charge in [0.25, 0.3) is 5.78 Å². The smallest absolute Gasteiger partial charge is 0.376 e. The van der Waals surface area contributed by atoms with Crippen molar-refractivity contribution in [3.05, 3.63) is 51.3 Å². The van der Waals surface area contributed by atoms with Gasteiger partial charge in [-0.3, -0.25) is 9.59 Å². The standard InChI is InChI=1S/C13H8ClNO5/c14-6-1-2-7-9(3-6)15-5-8(12(7)18)10(16)4-11(17)13(19)20/h1-5,16H,(H,15,18)(H,19,20). The minimum atomic E-state index is -1.72. The number of halogens is 1. The number of fused-ring (bicyclic) bond motifs is 1. The Morgan fingerprint density at radius 1 is 1.25 bits per heavy atom. The lowest BCUT2D eigenvalue weighted by atomic mass is 10.1. The van der Waals surface area contributed by atoms with Crippen molar-refractivity contribution in [2.45, 2.75) is 0 Å². The Kier molecular flexibility index (Phi) is 3.58. The summed E-state index contributed by atoms with van der Waals surface area (Å²) in [5, 5.41) is 18.8. The predicted molar refractivity (Wildman–Crippen MR) is 72.8 cm³/mol. The molecular weight excluding hydrogens is 286 g/mol. The highest BCUT2D eigenvalue weighted by Crippen LogP contribution is 2.16. The van der Waals surface area contributed by atoms with Gasteiger partial charge in [-0.15, -0.1) is 0 Å². The van der Waals surface area contributed by atoms with Crippen LogP contribution in [0.15, 0.2) is 35.3 Å². The molecule has 0 aliphatic rings. The summed E-state index contributed by atoms with van der Waals surface area (Å²) in [5.74, 6) is -3.76. The molecule has 0 saturated carbocycles. The molecule has 102 valence electrons. The molecule has 2 aromatic rings. The second-order valence-electron chi connectivity index (χ2n) is 3.92. The maximum atomic E-state index is 12.1. The number of aliphatic carboxylic acids is 1. The zero-order valence-corrected chi connectivity index (χ0v) is 10.6. The number of ketones is 1. The van der Waals surface area contributed by atoms with Crippen LogP contribution in [-0.2, 0) is 9.59 Å². The topological polar surface area (TPSA) is 107 Å². The molecular formula is C13H8ClNO5. The highest BCUT2D eigenvalue weighted by Gasteiger charge is 2.14. The molecule has 0 bridgehead atoms. The first-order chi connectivity index (χ1) is 9.40. The van der Waals surface area contributed by atoms with E-state index in [-0.39, 0.29) is 10.9 Å². The molecule has 0 spiro atoms. The number of nitrogens with one attached hydrogen (secondary N) is 1. The zero-order valence-electron chi connectivity index (χ0n) is 9.88. The van der Waals surface area contributed by atoms with Gasteiger partial charge in [-0.25, -0.2) is 4.79 Å². The van der Waals surface area contributed by atoms with Crippen LogP contribution in [-0.4, -0.2) is 26.9 Å². The van der Waals surface area contributed by atoms with E-state index in [1.807, 2.05) is 0 Å². The predicted octanol–water partition coefficient (Wildman–Crippen LogP) is 1.73. The molecule has 1 aromatic carbocycles. The van der Waals surface area contributed by atoms with Gasteiger partial charge >= 0.3 is 5.97 Å². The lowest BCUT2D eigenvalue weighted by molar-refractivity contribution is -0.146. The average molecular weight is 294 g/mol. The monoisotopic (exact) mass is 293 g/mol. The molecule has 0 atom stereocenters. The van der Waals surface area contributed by atoms with Crippen molar-refractivity contribution in [1.82, 2.24) is 4.98 Å². The number of hydrogen-bond donors (Lipinski definition) is 3. The van der Waals surface area contributed by atoms with Gasteiger partial charge in [0, 0.05) is 22.7 Å². The van der Waals surface area contributed by atoms with E-state index in [4.69, 9.17) is 16.7 Å². The molecule has 0 radical (unpaired) electrons. The molecule has 0 unspecified atom stereocenters. The van der Waals surface area contributed by atoms with Gasteiger partial charge in [0.05, 0.1) is 11.1 Å². The van der Waals surface area contributed by atoms with Gasteiger partial charge in [0.2, 0.25) is 0 Å². The van der Waals surface area contributed by atoms with Gasteiger partial charge < -0.3 is 15.2 Å². The number of carboxylic acids is 1. The molecule has 7 heteroatoms. The minimum absolute atomic E-state index is 0.200. The Bertz CT molecular complexity index is 806. The molecule has 0 aliphatic heterocycles. The molecule has 1 aromatic heterocycles. The zero-order chi connectivity index (χ0) is 14.9. The van der Waals surface area contributed by atoms with E-state index in [0.717, 1.165) is 0 Å². The third-order valence-electron chi connectivity index (χ3n) is 2.60. The summed E-state index contributed by atoms with van der Waals surface area (Å²) in [6, 6.07) is 4.50. The number of carbonyl (C=O) groups excluding carboxylic acids is 1. The Labute approximate surface area is 116 Å². The van der Waals surface area contributed by atoms with E-state index >= 15 is 0 Å². The maximum absolute atomic E-state index is 12.1. The number of aliphatic hydroxyl groups excluding tert-OH is 1. The van der Waals surface area contributed by atoms with Crippen LogP contribution in [0.25, 0.3) is 16.7 Å². The molecule has 2 rings (SSSR count). The molecule has 1 heterocycles. The number of aromatic nitrogens is 1. The molecule has 0 amide bonds. The summed E-state index contributed by atoms with van der Waals surface area (Å²) >= 11 is 5.78. The molecule has 20 heavy (non-hydrogen) atoms. The Morgan fingerprint density at radius 2 is 1.95 bits per heavy atom. The summed E-state index contributed by atoms with van der Waals surface area (Å²) in [4.78, 5) is 36.2. The maximum Gasteiger partial charge on any atom is 0.376 e. The van der Waals surface area contributed by atoms with Crippen molar-refractivity contribution in [3.8, 4) is 0 Å². The summed E-state index contributed by atoms with van der Waals surface area (Å²) in [5.41, 5.74) is -0.277. The van der Waals surface area contributed by atoms with Crippen LogP contribution in [0.1, 0.15) is 5.56 Å². The highest BCUT2D eigenvalue weighted by atomic mass is 35.5. The van der Waals surface area contributed by atoms with Crippen LogP contribution in [0.5, 0.6) is 0 Å². The van der Waals surface area contributed by atoms with E-state index in [9.17, 15) is 19.5 Å². The number of carbonyl (C=O) groups is 2. The number of benzene rings is 1. The second-order valence-corrected chi connectivity index (χ2v) is 4.36. The summed E-state index contributed by atoms with van der Waals surface area (Å²) in [6.07, 6.45) is 1.66. The Balaban J connectivity index is 2.59. The van der Waals surface area contributed by atoms with Crippen molar-refractivity contribution < 1.29 is 19.8 Å². The summed E-state index contributed by atoms with van der Waals surface area (Å²) in [7, 11) is 0. The van der Waals surface area contributed by atoms with Crippen molar-refractivity contribution in [3.63, 3.8) is 0 Å². The van der Waals surface area contributed by atoms with Crippen molar-refractivity contribution in [2.24, 2.45) is 0 Å². The number of carboxylic acid groups (broad SMARTS) is 1. The van der Waals surface area contributed by atoms with E-state index < -0.39 is 22.9 Å². The fourth-order valence-corrected chi connectivity index (χ4v) is 1.82. The average Bonchev–Trinajstić information content (AvgIpc) is 2.38. The second kappa shape index (κ2) is 5.18. The first-order valence-corrected chi connectivity index (χ1v) is 5.77. The summed E-state index contributed by atoms with van der Waals surface area (Å²) < 4.78 is 0. The van der Waals surface area contributed by atoms with Gasteiger partial charge in [-0.2, -0.15) is 0 Å². The van der Waals surface area contributed by atoms with Crippen LogP contribution < -0.4 is 5.43 Å². The Hall–Kier alpha value is -2.60. The third kappa shape index (κ3) is 2.55. The van der Waals surface area contributed by atoms with Crippen LogP contribution in [0.4, 0.5) is 0 Å². The van der Waals surface area contributed by atoms with E-state index in [2.05, 4.69) is 4.98 Å². The highest BCUT2D eigenvalue weighted by molar-refractivity contribution is 6.38. The first-order valence-electron chi connectivity index (χ1n) is 5.39. The van der Waals surface area contributed by atoms with E-state index in [1.165, 1.54) is 24.4 Å². The molecule has 0 aliphatic carbocycles. The van der Waals surface area contributed by atoms with Gasteiger partial charge in [0.1, 0.15) is 5.76 Å². The SMILES string of the molecule is O=C(O)C(=O)C=C(O)c1c[nH]c2cc(Cl)ccc2c1=O. The number of pyridine rings is 1. The normalized spacial score (nSPS) is 11.6. The van der Waals surface area contributed by atoms with Crippen molar-refractivity contribution in [2.75, 3.05) is 0 Å². The quantitative estimate of drug-likeness (QED) is 0.454. The minimum Gasteiger partial charge on any atom is -0.507 e. The van der Waals surface area contributed by atoms with Crippen LogP contribution in [0.2, 0.25) is 5.02 Å². The molecule has 0 saturated heterocycles. The number of aliphatic hydroxyl groups is 1. The summed E-state index contributed by atoms with van der Waals surface area (Å²) in [6.45, 7) is 0. The largest absolute Gasteiger partial charge is 0.507 e. The fraction of sp³-hybridized carbons (Fsp3) is 0.